The molecule has 0 atom stereocenters. The van der Waals surface area contributed by atoms with Crippen LogP contribution in [0.25, 0.3) is 0 Å². The Hall–Kier alpha value is -1.21. The monoisotopic (exact) mass is 357 g/mol. The maximum absolute atomic E-state index is 12.3. The molecule has 5 nitrogen and oxygen atoms in total. The molecule has 1 fully saturated rings. The number of benzene rings is 1. The highest BCUT2D eigenvalue weighted by Crippen LogP contribution is 2.38. The van der Waals surface area contributed by atoms with Gasteiger partial charge in [-0.25, -0.2) is 23.1 Å². The number of aromatic nitrogens is 2. The predicted octanol–water partition coefficient (Wildman–Crippen LogP) is 3.14. The second kappa shape index (κ2) is 6.12. The van der Waals surface area contributed by atoms with Crippen molar-refractivity contribution in [2.75, 3.05) is 0 Å². The summed E-state index contributed by atoms with van der Waals surface area (Å²) in [5.41, 5.74) is 1.59. The van der Waals surface area contributed by atoms with Crippen LogP contribution in [0.5, 0.6) is 0 Å². The minimum Gasteiger partial charge on any atom is -0.241 e. The predicted molar refractivity (Wildman–Crippen MR) is 84.5 cm³/mol. The summed E-state index contributed by atoms with van der Waals surface area (Å²) in [4.78, 5) is 8.25. The van der Waals surface area contributed by atoms with Gasteiger partial charge in [-0.15, -0.1) is 0 Å². The molecular formula is C14H13Cl2N3O2S. The van der Waals surface area contributed by atoms with Crippen molar-refractivity contribution in [3.63, 3.8) is 0 Å². The number of sulfonamides is 1. The van der Waals surface area contributed by atoms with Gasteiger partial charge in [-0.1, -0.05) is 23.2 Å². The van der Waals surface area contributed by atoms with E-state index in [-0.39, 0.29) is 16.5 Å². The Bertz CT molecular complexity index is 807. The van der Waals surface area contributed by atoms with E-state index in [2.05, 4.69) is 14.7 Å². The van der Waals surface area contributed by atoms with Crippen molar-refractivity contribution in [3.05, 3.63) is 52.0 Å². The van der Waals surface area contributed by atoms with Crippen LogP contribution in [0.15, 0.2) is 35.5 Å². The van der Waals surface area contributed by atoms with Crippen molar-refractivity contribution >= 4 is 33.2 Å². The molecule has 8 heteroatoms. The van der Waals surface area contributed by atoms with Gasteiger partial charge in [0.25, 0.3) is 0 Å². The fourth-order valence-electron chi connectivity index (χ4n) is 2.04. The van der Waals surface area contributed by atoms with Gasteiger partial charge in [0.15, 0.2) is 0 Å². The molecule has 1 aliphatic rings. The molecule has 0 radical (unpaired) electrons. The van der Waals surface area contributed by atoms with E-state index in [9.17, 15) is 8.42 Å². The van der Waals surface area contributed by atoms with E-state index in [0.717, 1.165) is 18.5 Å². The van der Waals surface area contributed by atoms with Crippen molar-refractivity contribution in [1.29, 1.82) is 0 Å². The molecule has 2 aromatic rings. The Morgan fingerprint density at radius 3 is 2.68 bits per heavy atom. The van der Waals surface area contributed by atoms with Gasteiger partial charge in [0.2, 0.25) is 10.0 Å². The number of hydrogen-bond donors (Lipinski definition) is 1. The Kier molecular flexibility index (Phi) is 4.36. The summed E-state index contributed by atoms with van der Waals surface area (Å²) >= 11 is 11.8. The average Bonchev–Trinajstić information content (AvgIpc) is 3.33. The van der Waals surface area contributed by atoms with Gasteiger partial charge >= 0.3 is 0 Å². The van der Waals surface area contributed by atoms with Crippen LogP contribution in [0.2, 0.25) is 10.0 Å². The number of nitrogens with one attached hydrogen (secondary N) is 1. The number of rotatable bonds is 5. The first-order chi connectivity index (χ1) is 10.5. The van der Waals surface area contributed by atoms with Crippen LogP contribution >= 0.6 is 23.2 Å². The van der Waals surface area contributed by atoms with E-state index < -0.39 is 10.0 Å². The highest BCUT2D eigenvalue weighted by atomic mass is 35.5. The summed E-state index contributed by atoms with van der Waals surface area (Å²) in [6.45, 7) is 0.0768. The first-order valence-corrected chi connectivity index (χ1v) is 8.95. The average molecular weight is 358 g/mol. The van der Waals surface area contributed by atoms with Gasteiger partial charge < -0.3 is 0 Å². The Morgan fingerprint density at radius 1 is 1.18 bits per heavy atom. The zero-order valence-electron chi connectivity index (χ0n) is 11.5. The summed E-state index contributed by atoms with van der Waals surface area (Å²) in [6, 6.07) is 6.14. The second-order valence-electron chi connectivity index (χ2n) is 5.11. The molecule has 0 saturated heterocycles. The summed E-state index contributed by atoms with van der Waals surface area (Å²) < 4.78 is 27.1. The van der Waals surface area contributed by atoms with E-state index >= 15 is 0 Å². The van der Waals surface area contributed by atoms with Gasteiger partial charge in [-0.2, -0.15) is 0 Å². The molecule has 1 N–H and O–H groups in total. The lowest BCUT2D eigenvalue weighted by Crippen LogP contribution is -2.24. The normalized spacial score (nSPS) is 15.0. The summed E-state index contributed by atoms with van der Waals surface area (Å²) in [6.07, 6.45) is 3.71. The number of nitrogens with zero attached hydrogens (tertiary/aromatic N) is 2. The Labute approximate surface area is 138 Å². The van der Waals surface area contributed by atoms with Crippen molar-refractivity contribution in [3.8, 4) is 0 Å². The fourth-order valence-corrected chi connectivity index (χ4v) is 3.80. The fraction of sp³-hybridized carbons (Fsp3) is 0.286. The van der Waals surface area contributed by atoms with Crippen LogP contribution in [0, 0.1) is 0 Å². The minimum atomic E-state index is -3.76. The van der Waals surface area contributed by atoms with Gasteiger partial charge in [-0.3, -0.25) is 0 Å². The molecule has 0 aliphatic heterocycles. The van der Waals surface area contributed by atoms with Gasteiger partial charge in [0, 0.05) is 16.6 Å². The standard InChI is InChI=1S/C14H13Cl2N3O2S/c15-10-3-4-12(16)14(5-10)22(20,21)19-7-11-6-13(9-1-2-9)18-8-17-11/h3-6,8-9,19H,1-2,7H2. The molecule has 1 aliphatic carbocycles. The largest absolute Gasteiger partial charge is 0.242 e. The SMILES string of the molecule is O=S(=O)(NCc1cc(C2CC2)ncn1)c1cc(Cl)ccc1Cl. The van der Waals surface area contributed by atoms with Crippen LogP contribution in [-0.4, -0.2) is 18.4 Å². The number of hydrogen-bond acceptors (Lipinski definition) is 4. The van der Waals surface area contributed by atoms with Crippen LogP contribution in [0.4, 0.5) is 0 Å². The first kappa shape index (κ1) is 15.7. The molecule has 0 amide bonds. The lowest BCUT2D eigenvalue weighted by Gasteiger charge is -2.09. The van der Waals surface area contributed by atoms with E-state index in [1.165, 1.54) is 24.5 Å². The lowest BCUT2D eigenvalue weighted by molar-refractivity contribution is 0.580. The first-order valence-electron chi connectivity index (χ1n) is 6.71. The zero-order chi connectivity index (χ0) is 15.7. The van der Waals surface area contributed by atoms with Crippen molar-refractivity contribution < 1.29 is 8.42 Å². The van der Waals surface area contributed by atoms with Crippen molar-refractivity contribution in [2.24, 2.45) is 0 Å². The zero-order valence-corrected chi connectivity index (χ0v) is 13.8. The topological polar surface area (TPSA) is 72.0 Å². The molecule has 0 bridgehead atoms. The third-order valence-corrected chi connectivity index (χ3v) is 5.48. The van der Waals surface area contributed by atoms with Crippen LogP contribution < -0.4 is 4.72 Å². The van der Waals surface area contributed by atoms with Gasteiger partial charge in [0.05, 0.1) is 17.3 Å². The van der Waals surface area contributed by atoms with Crippen LogP contribution in [0.3, 0.4) is 0 Å². The van der Waals surface area contributed by atoms with Crippen LogP contribution in [0.1, 0.15) is 30.1 Å². The molecule has 0 unspecified atom stereocenters. The molecule has 1 saturated carbocycles. The highest BCUT2D eigenvalue weighted by Gasteiger charge is 2.25. The van der Waals surface area contributed by atoms with Crippen LogP contribution in [-0.2, 0) is 16.6 Å². The van der Waals surface area contributed by atoms with E-state index in [4.69, 9.17) is 23.2 Å². The van der Waals surface area contributed by atoms with Gasteiger partial charge in [-0.05, 0) is 37.1 Å². The van der Waals surface area contributed by atoms with E-state index in [1.54, 1.807) is 0 Å². The maximum Gasteiger partial charge on any atom is 0.242 e. The maximum atomic E-state index is 12.3. The number of halogens is 2. The molecule has 1 heterocycles. The summed E-state index contributed by atoms with van der Waals surface area (Å²) in [7, 11) is -3.76. The summed E-state index contributed by atoms with van der Waals surface area (Å²) in [5.74, 6) is 0.487. The molecule has 1 aromatic carbocycles. The molecule has 0 spiro atoms. The molecular weight excluding hydrogens is 345 g/mol. The summed E-state index contributed by atoms with van der Waals surface area (Å²) in [5, 5.41) is 0.432. The van der Waals surface area contributed by atoms with E-state index in [1.807, 2.05) is 6.07 Å². The van der Waals surface area contributed by atoms with Crippen molar-refractivity contribution in [2.45, 2.75) is 30.2 Å². The molecule has 116 valence electrons. The van der Waals surface area contributed by atoms with Gasteiger partial charge in [0.1, 0.15) is 11.2 Å². The molecule has 22 heavy (non-hydrogen) atoms. The molecule has 1 aromatic heterocycles. The highest BCUT2D eigenvalue weighted by molar-refractivity contribution is 7.89. The second-order valence-corrected chi connectivity index (χ2v) is 7.69. The van der Waals surface area contributed by atoms with Crippen molar-refractivity contribution in [1.82, 2.24) is 14.7 Å². The Balaban J connectivity index is 1.77. The third-order valence-electron chi connectivity index (χ3n) is 3.37. The smallest absolute Gasteiger partial charge is 0.241 e. The lowest BCUT2D eigenvalue weighted by atomic mass is 10.2. The minimum absolute atomic E-state index is 0.0434. The Morgan fingerprint density at radius 2 is 1.95 bits per heavy atom. The third kappa shape index (κ3) is 3.57. The molecule has 3 rings (SSSR count). The van der Waals surface area contributed by atoms with E-state index in [0.29, 0.717) is 16.6 Å². The quantitative estimate of drug-likeness (QED) is 0.891.